The van der Waals surface area contributed by atoms with Crippen LogP contribution < -0.4 is 15.4 Å². The van der Waals surface area contributed by atoms with Crippen molar-refractivity contribution in [2.45, 2.75) is 0 Å². The Morgan fingerprint density at radius 1 is 0.767 bits per heavy atom. The number of fused-ring (bicyclic) bond motifs is 1. The largest absolute Gasteiger partial charge is 0.505 e. The lowest BCUT2D eigenvalue weighted by molar-refractivity contribution is 0.101. The monoisotopic (exact) mass is 613 g/mol. The van der Waals surface area contributed by atoms with Crippen LogP contribution in [-0.2, 0) is 0 Å². The number of amides is 2. The number of nitrogens with zero attached hydrogens (tertiary/aromatic N) is 3. The molecule has 0 fully saturated rings. The summed E-state index contributed by atoms with van der Waals surface area (Å²) in [6.07, 6.45) is 0. The molecule has 3 N–H and O–H groups in total. The van der Waals surface area contributed by atoms with Crippen molar-refractivity contribution >= 4 is 74.2 Å². The second-order valence-corrected chi connectivity index (χ2v) is 10.00. The minimum atomic E-state index is -0.631. The molecule has 0 saturated heterocycles. The fourth-order valence-electron chi connectivity index (χ4n) is 4.17. The first-order valence-corrected chi connectivity index (χ1v) is 13.4. The molecule has 0 spiro atoms. The summed E-state index contributed by atoms with van der Waals surface area (Å²) >= 11 is 11.9. The highest BCUT2D eigenvalue weighted by atomic mass is 35.5. The molecule has 12 heteroatoms. The van der Waals surface area contributed by atoms with Crippen molar-refractivity contribution in [2.24, 2.45) is 15.4 Å². The molecule has 5 rings (SSSR count). The van der Waals surface area contributed by atoms with Crippen molar-refractivity contribution in [3.8, 4) is 11.5 Å². The third-order valence-corrected chi connectivity index (χ3v) is 6.83. The van der Waals surface area contributed by atoms with E-state index in [9.17, 15) is 19.6 Å². The predicted molar refractivity (Wildman–Crippen MR) is 167 cm³/mol. The number of hydrogen-bond donors (Lipinski definition) is 3. The Morgan fingerprint density at radius 2 is 1.40 bits per heavy atom. The number of aromatic hydroxyl groups is 1. The Labute approximate surface area is 254 Å². The molecule has 0 radical (unpaired) electrons. The minimum Gasteiger partial charge on any atom is -0.505 e. The average molecular weight is 614 g/mol. The molecule has 0 aliphatic heterocycles. The third kappa shape index (κ3) is 6.61. The number of carbonyl (C=O) groups excluding carboxylic acids is 2. The number of rotatable bonds is 8. The van der Waals surface area contributed by atoms with Crippen LogP contribution in [-0.4, -0.2) is 24.0 Å². The van der Waals surface area contributed by atoms with Crippen LogP contribution in [0.4, 0.5) is 28.4 Å². The first-order chi connectivity index (χ1) is 20.7. The van der Waals surface area contributed by atoms with Crippen LogP contribution in [0.2, 0.25) is 10.0 Å². The highest BCUT2D eigenvalue weighted by Crippen LogP contribution is 2.41. The number of methoxy groups -OCH3 is 1. The summed E-state index contributed by atoms with van der Waals surface area (Å²) in [5, 5.41) is 30.0. The Kier molecular flexibility index (Phi) is 8.61. The molecule has 214 valence electrons. The maximum Gasteiger partial charge on any atom is 0.259 e. The lowest BCUT2D eigenvalue weighted by Crippen LogP contribution is -2.13. The minimum absolute atomic E-state index is 0.0249. The molecule has 0 aromatic heterocycles. The van der Waals surface area contributed by atoms with E-state index < -0.39 is 17.6 Å². The highest BCUT2D eigenvalue weighted by molar-refractivity contribution is 6.31. The molecule has 0 atom stereocenters. The molecule has 0 aliphatic carbocycles. The van der Waals surface area contributed by atoms with Crippen molar-refractivity contribution in [1.29, 1.82) is 0 Å². The van der Waals surface area contributed by atoms with Gasteiger partial charge in [-0.2, -0.15) is 0 Å². The molecule has 2 amide bonds. The van der Waals surface area contributed by atoms with Gasteiger partial charge in [0.25, 0.3) is 11.8 Å². The number of phenolic OH excluding ortho intramolecular Hbond substituents is 1. The molecular formula is C31H21Cl2N5O5. The van der Waals surface area contributed by atoms with Gasteiger partial charge in [0.2, 0.25) is 0 Å². The van der Waals surface area contributed by atoms with Gasteiger partial charge < -0.3 is 20.5 Å². The molecule has 43 heavy (non-hydrogen) atoms. The number of benzene rings is 5. The Hall–Kier alpha value is -5.32. The predicted octanol–water partition coefficient (Wildman–Crippen LogP) is 9.18. The molecule has 0 heterocycles. The van der Waals surface area contributed by atoms with Crippen LogP contribution >= 0.6 is 23.2 Å². The van der Waals surface area contributed by atoms with Crippen molar-refractivity contribution in [2.75, 3.05) is 17.7 Å². The van der Waals surface area contributed by atoms with E-state index in [4.69, 9.17) is 27.9 Å². The maximum atomic E-state index is 13.3. The van der Waals surface area contributed by atoms with Crippen LogP contribution in [0.25, 0.3) is 10.8 Å². The smallest absolute Gasteiger partial charge is 0.259 e. The zero-order chi connectivity index (χ0) is 30.5. The topological polar surface area (TPSA) is 142 Å². The number of anilines is 2. The van der Waals surface area contributed by atoms with Crippen molar-refractivity contribution < 1.29 is 19.4 Å². The molecule has 10 nitrogen and oxygen atoms in total. The van der Waals surface area contributed by atoms with Crippen LogP contribution in [0, 0.1) is 4.91 Å². The van der Waals surface area contributed by atoms with Gasteiger partial charge in [0, 0.05) is 38.4 Å². The van der Waals surface area contributed by atoms with E-state index in [0.717, 1.165) is 0 Å². The van der Waals surface area contributed by atoms with E-state index in [-0.39, 0.29) is 28.4 Å². The van der Waals surface area contributed by atoms with Gasteiger partial charge in [-0.15, -0.1) is 15.1 Å². The van der Waals surface area contributed by atoms with Gasteiger partial charge in [-0.25, -0.2) is 0 Å². The normalized spacial score (nSPS) is 11.0. The van der Waals surface area contributed by atoms with E-state index in [0.29, 0.717) is 37.8 Å². The number of hydrogen-bond acceptors (Lipinski definition) is 8. The number of nitrogens with one attached hydrogen (secondary N) is 2. The molecule has 5 aromatic rings. The number of ether oxygens (including phenoxy) is 1. The molecule has 0 aliphatic rings. The van der Waals surface area contributed by atoms with E-state index in [1.807, 2.05) is 0 Å². The van der Waals surface area contributed by atoms with Gasteiger partial charge in [0.15, 0.2) is 5.75 Å². The summed E-state index contributed by atoms with van der Waals surface area (Å²) in [4.78, 5) is 37.3. The summed E-state index contributed by atoms with van der Waals surface area (Å²) in [7, 11) is 1.40. The summed E-state index contributed by atoms with van der Waals surface area (Å²) < 4.78 is 5.29. The van der Waals surface area contributed by atoms with Gasteiger partial charge in [0.1, 0.15) is 22.8 Å². The average Bonchev–Trinajstić information content (AvgIpc) is 3.02. The maximum absolute atomic E-state index is 13.3. The first-order valence-electron chi connectivity index (χ1n) is 12.6. The fourth-order valence-corrected chi connectivity index (χ4v) is 4.42. The van der Waals surface area contributed by atoms with Crippen LogP contribution in [0.15, 0.2) is 106 Å². The third-order valence-electron chi connectivity index (χ3n) is 6.32. The Balaban J connectivity index is 1.58. The lowest BCUT2D eigenvalue weighted by atomic mass is 10.0. The number of halogens is 2. The second kappa shape index (κ2) is 12.7. The zero-order valence-corrected chi connectivity index (χ0v) is 23.8. The van der Waals surface area contributed by atoms with Crippen molar-refractivity contribution in [1.82, 2.24) is 0 Å². The second-order valence-electron chi connectivity index (χ2n) is 9.13. The summed E-state index contributed by atoms with van der Waals surface area (Å²) in [5.74, 6) is -1.25. The van der Waals surface area contributed by atoms with E-state index >= 15 is 0 Å². The quantitative estimate of drug-likeness (QED) is 0.118. The Morgan fingerprint density at radius 3 is 2.00 bits per heavy atom. The molecule has 0 bridgehead atoms. The van der Waals surface area contributed by atoms with Gasteiger partial charge in [-0.05, 0) is 89.4 Å². The number of nitroso groups, excluding NO2 is 1. The Bertz CT molecular complexity index is 1890. The van der Waals surface area contributed by atoms with Gasteiger partial charge in [-0.1, -0.05) is 29.3 Å². The van der Waals surface area contributed by atoms with E-state index in [2.05, 4.69) is 26.0 Å². The number of azo groups is 1. The van der Waals surface area contributed by atoms with Gasteiger partial charge in [0.05, 0.1) is 12.7 Å². The SMILES string of the molecule is COc1cc(N=O)ccc1N=Nc1c(O)c(C(=O)Nc2ccc(Cl)cc2)cc2cc(C(=O)Nc3ccc(Cl)cc3)ccc12. The number of carbonyl (C=O) groups is 2. The molecule has 5 aromatic carbocycles. The van der Waals surface area contributed by atoms with Crippen LogP contribution in [0.5, 0.6) is 11.5 Å². The van der Waals surface area contributed by atoms with Crippen LogP contribution in [0.3, 0.4) is 0 Å². The van der Waals surface area contributed by atoms with Gasteiger partial charge >= 0.3 is 0 Å². The lowest BCUT2D eigenvalue weighted by Gasteiger charge is -2.13. The number of phenols is 1. The summed E-state index contributed by atoms with van der Waals surface area (Å²) in [6.45, 7) is 0. The van der Waals surface area contributed by atoms with Crippen molar-refractivity contribution in [3.05, 3.63) is 117 Å². The summed E-state index contributed by atoms with van der Waals surface area (Å²) in [6, 6.07) is 23.6. The zero-order valence-electron chi connectivity index (χ0n) is 22.3. The molecular weight excluding hydrogens is 593 g/mol. The van der Waals surface area contributed by atoms with Crippen molar-refractivity contribution in [3.63, 3.8) is 0 Å². The first kappa shape index (κ1) is 29.2. The standard InChI is InChI=1S/C31H21Cl2N5O5/c1-43-27-16-23(38-42)11-13-26(27)36-37-28-24-12-2-17(30(40)34-21-7-3-19(32)4-8-21)14-18(24)15-25(29(28)39)31(41)35-22-9-5-20(33)6-10-22/h2-16,39H,1H3,(H,34,40)(H,35,41). The van der Waals surface area contributed by atoms with Gasteiger partial charge in [-0.3, -0.25) is 9.59 Å². The summed E-state index contributed by atoms with van der Waals surface area (Å²) in [5.41, 5.74) is 1.52. The molecule has 0 saturated carbocycles. The van der Waals surface area contributed by atoms with Crippen LogP contribution in [0.1, 0.15) is 20.7 Å². The fraction of sp³-hybridized carbons (Fsp3) is 0.0323. The highest BCUT2D eigenvalue weighted by Gasteiger charge is 2.20. The molecule has 0 unspecified atom stereocenters. The van der Waals surface area contributed by atoms with E-state index in [1.165, 1.54) is 31.4 Å². The van der Waals surface area contributed by atoms with E-state index in [1.54, 1.807) is 66.7 Å².